The van der Waals surface area contributed by atoms with Gasteiger partial charge in [0.2, 0.25) is 5.91 Å². The molecule has 1 aromatic rings. The Balaban J connectivity index is 2.11. The van der Waals surface area contributed by atoms with Crippen LogP contribution in [0.2, 0.25) is 0 Å². The average Bonchev–Trinajstić information content (AvgIpc) is 2.49. The highest BCUT2D eigenvalue weighted by Gasteiger charge is 2.40. The van der Waals surface area contributed by atoms with Gasteiger partial charge in [-0.25, -0.2) is 0 Å². The molecule has 8 heteroatoms. The normalized spacial score (nSPS) is 20.2. The summed E-state index contributed by atoms with van der Waals surface area (Å²) >= 11 is 0. The van der Waals surface area contributed by atoms with E-state index in [9.17, 15) is 23.1 Å². The van der Waals surface area contributed by atoms with Crippen molar-refractivity contribution in [3.05, 3.63) is 29.5 Å². The molecule has 2 aliphatic heterocycles. The van der Waals surface area contributed by atoms with Gasteiger partial charge in [0, 0.05) is 18.5 Å². The lowest BCUT2D eigenvalue weighted by atomic mass is 9.94. The van der Waals surface area contributed by atoms with Crippen molar-refractivity contribution in [1.82, 2.24) is 4.90 Å². The molecule has 0 radical (unpaired) electrons. The molecule has 5 nitrogen and oxygen atoms in total. The van der Waals surface area contributed by atoms with Crippen LogP contribution in [0.15, 0.2) is 24.0 Å². The number of hydrogen-bond acceptors (Lipinski definition) is 4. The van der Waals surface area contributed by atoms with Gasteiger partial charge in [-0.15, -0.1) is 13.2 Å². The van der Waals surface area contributed by atoms with Gasteiger partial charge in [0.05, 0.1) is 5.70 Å². The number of nitrogens with zero attached hydrogens (tertiary/aromatic N) is 1. The molecule has 0 spiro atoms. The van der Waals surface area contributed by atoms with Crippen LogP contribution in [-0.2, 0) is 4.79 Å². The Labute approximate surface area is 142 Å². The van der Waals surface area contributed by atoms with E-state index in [0.717, 1.165) is 25.0 Å². The Morgan fingerprint density at radius 1 is 1.28 bits per heavy atom. The molecule has 1 saturated heterocycles. The molecule has 136 valence electrons. The molecule has 1 aromatic carbocycles. The number of alkyl halides is 3. The van der Waals surface area contributed by atoms with Crippen LogP contribution >= 0.6 is 0 Å². The van der Waals surface area contributed by atoms with Crippen molar-refractivity contribution in [2.75, 3.05) is 6.54 Å². The molecular formula is C17H18F3NO4. The van der Waals surface area contributed by atoms with Crippen LogP contribution in [-0.4, -0.2) is 34.4 Å². The van der Waals surface area contributed by atoms with Gasteiger partial charge in [-0.3, -0.25) is 4.79 Å². The number of ether oxygens (including phenoxy) is 2. The van der Waals surface area contributed by atoms with E-state index in [-0.39, 0.29) is 28.7 Å². The molecule has 1 fully saturated rings. The van der Waals surface area contributed by atoms with Gasteiger partial charge < -0.3 is 19.5 Å². The molecule has 0 aromatic heterocycles. The van der Waals surface area contributed by atoms with Crippen molar-refractivity contribution >= 4 is 11.6 Å². The molecule has 0 aliphatic carbocycles. The summed E-state index contributed by atoms with van der Waals surface area (Å²) in [6, 6.07) is 3.62. The summed E-state index contributed by atoms with van der Waals surface area (Å²) in [5.74, 6) is -0.534. The first-order chi connectivity index (χ1) is 11.6. The van der Waals surface area contributed by atoms with Crippen molar-refractivity contribution in [1.29, 1.82) is 0 Å². The number of aliphatic hydroxyl groups is 1. The van der Waals surface area contributed by atoms with E-state index in [1.54, 1.807) is 13.8 Å². The molecule has 25 heavy (non-hydrogen) atoms. The van der Waals surface area contributed by atoms with Crippen molar-refractivity contribution in [3.63, 3.8) is 0 Å². The molecule has 2 heterocycles. The Bertz CT molecular complexity index is 740. The summed E-state index contributed by atoms with van der Waals surface area (Å²) in [6.45, 7) is 3.64. The van der Waals surface area contributed by atoms with Crippen molar-refractivity contribution in [2.45, 2.75) is 45.1 Å². The van der Waals surface area contributed by atoms with E-state index in [0.29, 0.717) is 13.0 Å². The van der Waals surface area contributed by atoms with Crippen LogP contribution < -0.4 is 9.47 Å². The number of benzene rings is 1. The van der Waals surface area contributed by atoms with Gasteiger partial charge in [0.25, 0.3) is 0 Å². The number of carbonyl (C=O) groups excluding carboxylic acids is 1. The predicted molar refractivity (Wildman–Crippen MR) is 82.9 cm³/mol. The molecule has 0 unspecified atom stereocenters. The Morgan fingerprint density at radius 2 is 2.00 bits per heavy atom. The number of amides is 1. The predicted octanol–water partition coefficient (Wildman–Crippen LogP) is 4.00. The minimum atomic E-state index is -4.84. The standard InChI is InChI=1S/C17H18F3NO4/c1-16(2)15(23)14(21-8-4-3-5-13(21)22)11-9-10(24-17(18,19)20)6-7-12(11)25-16/h6-7,9,23H,3-5,8H2,1-2H3. The van der Waals surface area contributed by atoms with Gasteiger partial charge in [-0.1, -0.05) is 0 Å². The smallest absolute Gasteiger partial charge is 0.506 e. The molecule has 0 atom stereocenters. The minimum absolute atomic E-state index is 0.182. The van der Waals surface area contributed by atoms with E-state index in [2.05, 4.69) is 4.74 Å². The quantitative estimate of drug-likeness (QED) is 0.869. The van der Waals surface area contributed by atoms with Crippen LogP contribution in [0.5, 0.6) is 11.5 Å². The maximum Gasteiger partial charge on any atom is 0.573 e. The molecule has 1 N–H and O–H groups in total. The van der Waals surface area contributed by atoms with Gasteiger partial charge in [0.15, 0.2) is 11.4 Å². The van der Waals surface area contributed by atoms with Crippen molar-refractivity contribution < 1.29 is 32.5 Å². The fraction of sp³-hybridized carbons (Fsp3) is 0.471. The highest BCUT2D eigenvalue weighted by atomic mass is 19.4. The molecule has 0 bridgehead atoms. The van der Waals surface area contributed by atoms with E-state index in [4.69, 9.17) is 4.74 Å². The van der Waals surface area contributed by atoms with Crippen LogP contribution in [0, 0.1) is 0 Å². The van der Waals surface area contributed by atoms with Gasteiger partial charge in [0.1, 0.15) is 11.5 Å². The van der Waals surface area contributed by atoms with Gasteiger partial charge in [-0.05, 0) is 44.9 Å². The Hall–Kier alpha value is -2.38. The number of rotatable bonds is 2. The van der Waals surface area contributed by atoms with Gasteiger partial charge >= 0.3 is 6.36 Å². The maximum atomic E-state index is 12.5. The first kappa shape index (κ1) is 17.4. The number of piperidine rings is 1. The van der Waals surface area contributed by atoms with Crippen molar-refractivity contribution in [2.24, 2.45) is 0 Å². The third-order valence-electron chi connectivity index (χ3n) is 4.19. The van der Waals surface area contributed by atoms with Crippen LogP contribution in [0.1, 0.15) is 38.7 Å². The largest absolute Gasteiger partial charge is 0.573 e. The Morgan fingerprint density at radius 3 is 2.64 bits per heavy atom. The second-order valence-corrected chi connectivity index (χ2v) is 6.52. The third-order valence-corrected chi connectivity index (χ3v) is 4.19. The summed E-state index contributed by atoms with van der Waals surface area (Å²) in [5.41, 5.74) is -0.718. The lowest BCUT2D eigenvalue weighted by molar-refractivity contribution is -0.274. The second kappa shape index (κ2) is 5.86. The molecule has 0 saturated carbocycles. The zero-order valence-corrected chi connectivity index (χ0v) is 13.8. The zero-order valence-electron chi connectivity index (χ0n) is 13.8. The van der Waals surface area contributed by atoms with E-state index in [1.165, 1.54) is 11.0 Å². The summed E-state index contributed by atoms with van der Waals surface area (Å²) < 4.78 is 47.2. The number of halogens is 3. The van der Waals surface area contributed by atoms with E-state index < -0.39 is 17.7 Å². The molecule has 2 aliphatic rings. The average molecular weight is 357 g/mol. The summed E-state index contributed by atoms with van der Waals surface area (Å²) in [5, 5.41) is 10.6. The van der Waals surface area contributed by atoms with Crippen molar-refractivity contribution in [3.8, 4) is 11.5 Å². The second-order valence-electron chi connectivity index (χ2n) is 6.52. The highest BCUT2D eigenvalue weighted by molar-refractivity contribution is 5.90. The molecule has 3 rings (SSSR count). The number of hydrogen-bond donors (Lipinski definition) is 1. The molecule has 1 amide bonds. The number of fused-ring (bicyclic) bond motifs is 1. The third kappa shape index (κ3) is 3.38. The van der Waals surface area contributed by atoms with Crippen LogP contribution in [0.4, 0.5) is 13.2 Å². The van der Waals surface area contributed by atoms with Crippen LogP contribution in [0.25, 0.3) is 5.70 Å². The Kier molecular flexibility index (Phi) is 4.09. The lowest BCUT2D eigenvalue weighted by Gasteiger charge is -2.38. The SMILES string of the molecule is CC1(C)Oc2ccc(OC(F)(F)F)cc2C(N2CCCCC2=O)=C1O. The number of aliphatic hydroxyl groups excluding tert-OH is 1. The minimum Gasteiger partial charge on any atom is -0.506 e. The topological polar surface area (TPSA) is 59.0 Å². The summed E-state index contributed by atoms with van der Waals surface area (Å²) in [7, 11) is 0. The highest BCUT2D eigenvalue weighted by Crippen LogP contribution is 2.44. The summed E-state index contributed by atoms with van der Waals surface area (Å²) in [6.07, 6.45) is -3.02. The molecular weight excluding hydrogens is 339 g/mol. The van der Waals surface area contributed by atoms with Crippen LogP contribution in [0.3, 0.4) is 0 Å². The van der Waals surface area contributed by atoms with Gasteiger partial charge in [-0.2, -0.15) is 0 Å². The fourth-order valence-corrected chi connectivity index (χ4v) is 3.03. The zero-order chi connectivity index (χ0) is 18.4. The number of likely N-dealkylation sites (tertiary alicyclic amines) is 1. The first-order valence-electron chi connectivity index (χ1n) is 7.92. The fourth-order valence-electron chi connectivity index (χ4n) is 3.03. The maximum absolute atomic E-state index is 12.5. The summed E-state index contributed by atoms with van der Waals surface area (Å²) in [4.78, 5) is 13.7. The first-order valence-corrected chi connectivity index (χ1v) is 7.92. The van der Waals surface area contributed by atoms with E-state index in [1.807, 2.05) is 0 Å². The van der Waals surface area contributed by atoms with E-state index >= 15 is 0 Å². The lowest BCUT2D eigenvalue weighted by Crippen LogP contribution is -2.41. The monoisotopic (exact) mass is 357 g/mol. The number of carbonyl (C=O) groups is 1.